The molecule has 4 unspecified atom stereocenters. The Morgan fingerprint density at radius 1 is 0.943 bits per heavy atom. The second-order valence-electron chi connectivity index (χ2n) is 8.16. The highest BCUT2D eigenvalue weighted by Crippen LogP contribution is 2.47. The number of nitrogens with zero attached hydrogens (tertiary/aromatic N) is 2. The number of hydrogen-bond acceptors (Lipinski definition) is 5. The number of carbonyl (C=O) groups is 4. The highest BCUT2D eigenvalue weighted by molar-refractivity contribution is 6.31. The normalized spacial score (nSPS) is 25.4. The number of hydrogen-bond donors (Lipinski definition) is 1. The molecule has 3 aliphatic rings. The van der Waals surface area contributed by atoms with Gasteiger partial charge in [-0.2, -0.15) is 13.2 Å². The molecule has 2 saturated heterocycles. The van der Waals surface area contributed by atoms with Gasteiger partial charge in [0.25, 0.3) is 0 Å². The van der Waals surface area contributed by atoms with Gasteiger partial charge in [0, 0.05) is 17.6 Å². The summed E-state index contributed by atoms with van der Waals surface area (Å²) in [4.78, 5) is 51.3. The van der Waals surface area contributed by atoms with Gasteiger partial charge in [-0.15, -0.1) is 0 Å². The largest absolute Gasteiger partial charge is 0.490 e. The molecule has 2 aromatic rings. The fraction of sp³-hybridized carbons (Fsp3) is 0.250. The van der Waals surface area contributed by atoms with Crippen molar-refractivity contribution in [1.82, 2.24) is 4.90 Å². The minimum absolute atomic E-state index is 0.133. The van der Waals surface area contributed by atoms with E-state index in [0.717, 1.165) is 5.56 Å². The van der Waals surface area contributed by atoms with Crippen LogP contribution in [0.2, 0.25) is 5.02 Å². The summed E-state index contributed by atoms with van der Waals surface area (Å²) < 4.78 is 31.7. The maximum atomic E-state index is 13.2. The third-order valence-electron chi connectivity index (χ3n) is 6.16. The summed E-state index contributed by atoms with van der Waals surface area (Å²) in [7, 11) is 0. The number of carbonyl (C=O) groups excluding carboxylic acids is 3. The van der Waals surface area contributed by atoms with Crippen molar-refractivity contribution in [3.63, 3.8) is 0 Å². The topological polar surface area (TPSA) is 95.0 Å². The molecule has 5 rings (SSSR count). The monoisotopic (exact) mass is 506 g/mol. The van der Waals surface area contributed by atoms with Crippen LogP contribution in [-0.4, -0.2) is 51.8 Å². The molecule has 35 heavy (non-hydrogen) atoms. The number of carboxylic acid groups (broad SMARTS) is 1. The quantitative estimate of drug-likeness (QED) is 0.641. The lowest BCUT2D eigenvalue weighted by atomic mass is 9.90. The molecule has 182 valence electrons. The molecule has 3 heterocycles. The Hall–Kier alpha value is -3.50. The van der Waals surface area contributed by atoms with Gasteiger partial charge in [-0.25, -0.2) is 9.69 Å². The number of anilines is 1. The minimum atomic E-state index is -5.08. The molecule has 0 spiro atoms. The van der Waals surface area contributed by atoms with Gasteiger partial charge in [-0.05, 0) is 29.8 Å². The summed E-state index contributed by atoms with van der Waals surface area (Å²) in [6, 6.07) is 15.4. The summed E-state index contributed by atoms with van der Waals surface area (Å²) in [6.45, 7) is 0.421. The van der Waals surface area contributed by atoms with Crippen molar-refractivity contribution >= 4 is 40.9 Å². The van der Waals surface area contributed by atoms with Crippen molar-refractivity contribution in [2.75, 3.05) is 4.90 Å². The van der Waals surface area contributed by atoms with Crippen LogP contribution in [0.25, 0.3) is 0 Å². The summed E-state index contributed by atoms with van der Waals surface area (Å²) in [6.07, 6.45) is -1.80. The number of para-hydroxylation sites is 1. The lowest BCUT2D eigenvalue weighted by molar-refractivity contribution is -0.192. The van der Waals surface area contributed by atoms with E-state index in [1.165, 1.54) is 11.0 Å². The van der Waals surface area contributed by atoms with Crippen LogP contribution in [0.4, 0.5) is 18.9 Å². The molecule has 2 amide bonds. The number of fused-ring (bicyclic) bond motifs is 5. The van der Waals surface area contributed by atoms with E-state index in [-0.39, 0.29) is 23.6 Å². The molecule has 7 nitrogen and oxygen atoms in total. The van der Waals surface area contributed by atoms with Crippen LogP contribution in [0.15, 0.2) is 66.7 Å². The molecule has 1 N–H and O–H groups in total. The maximum absolute atomic E-state index is 13.2. The van der Waals surface area contributed by atoms with Crippen molar-refractivity contribution in [3.8, 4) is 0 Å². The first-order chi connectivity index (χ1) is 16.5. The van der Waals surface area contributed by atoms with Crippen molar-refractivity contribution < 1.29 is 37.5 Å². The van der Waals surface area contributed by atoms with Crippen molar-refractivity contribution in [3.05, 3.63) is 77.3 Å². The van der Waals surface area contributed by atoms with E-state index in [1.807, 2.05) is 29.2 Å². The predicted octanol–water partition coefficient (Wildman–Crippen LogP) is 3.47. The Balaban J connectivity index is 0.000000364. The second-order valence-corrected chi connectivity index (χ2v) is 8.57. The summed E-state index contributed by atoms with van der Waals surface area (Å²) in [5, 5.41) is 7.73. The number of rotatable bonds is 3. The van der Waals surface area contributed by atoms with E-state index in [9.17, 15) is 27.6 Å². The van der Waals surface area contributed by atoms with Gasteiger partial charge in [0.15, 0.2) is 5.78 Å². The van der Waals surface area contributed by atoms with Crippen LogP contribution in [0, 0.1) is 11.8 Å². The Labute approximate surface area is 202 Å². The van der Waals surface area contributed by atoms with Gasteiger partial charge < -0.3 is 5.11 Å². The molecule has 2 aromatic carbocycles. The van der Waals surface area contributed by atoms with E-state index in [1.54, 1.807) is 36.4 Å². The molecule has 0 saturated carbocycles. The molecular formula is C24H18ClF3N2O5. The lowest BCUT2D eigenvalue weighted by Gasteiger charge is -2.33. The highest BCUT2D eigenvalue weighted by Gasteiger charge is 2.64. The highest BCUT2D eigenvalue weighted by atomic mass is 35.5. The smallest absolute Gasteiger partial charge is 0.475 e. The average Bonchev–Trinajstić information content (AvgIpc) is 3.19. The third kappa shape index (κ3) is 4.46. The zero-order chi connectivity index (χ0) is 25.5. The van der Waals surface area contributed by atoms with Gasteiger partial charge in [-0.1, -0.05) is 54.1 Å². The number of halogens is 4. The van der Waals surface area contributed by atoms with Crippen molar-refractivity contribution in [1.29, 1.82) is 0 Å². The van der Waals surface area contributed by atoms with Gasteiger partial charge >= 0.3 is 12.1 Å². The fourth-order valence-electron chi connectivity index (χ4n) is 4.72. The maximum Gasteiger partial charge on any atom is 0.490 e. The van der Waals surface area contributed by atoms with Gasteiger partial charge in [0.2, 0.25) is 11.8 Å². The van der Waals surface area contributed by atoms with Crippen molar-refractivity contribution in [2.24, 2.45) is 11.8 Å². The van der Waals surface area contributed by atoms with E-state index in [2.05, 4.69) is 0 Å². The number of alkyl halides is 3. The Bertz CT molecular complexity index is 1220. The van der Waals surface area contributed by atoms with E-state index in [4.69, 9.17) is 21.5 Å². The van der Waals surface area contributed by atoms with E-state index < -0.39 is 30.0 Å². The van der Waals surface area contributed by atoms with E-state index >= 15 is 0 Å². The Morgan fingerprint density at radius 3 is 2.11 bits per heavy atom. The molecule has 0 radical (unpaired) electrons. The van der Waals surface area contributed by atoms with E-state index in [0.29, 0.717) is 17.3 Å². The first-order valence-electron chi connectivity index (χ1n) is 10.5. The van der Waals surface area contributed by atoms with Crippen LogP contribution in [0.5, 0.6) is 0 Å². The number of imide groups is 1. The van der Waals surface area contributed by atoms with Crippen LogP contribution in [0.3, 0.4) is 0 Å². The standard InChI is InChI=1S/C22H17ClN2O3.C2HF3O2/c23-15-9-5-4-6-13(15)12-24-16-10-11-17(26)20(24)19-18(16)21(27)25(22(19)28)14-7-2-1-3-8-14;3-2(4,5)1(6)7/h1-11,16,18-20H,12H2;(H,6,7). The number of ketones is 1. The molecule has 2 fully saturated rings. The molecular weight excluding hydrogens is 489 g/mol. The number of amides is 2. The molecule has 0 aromatic heterocycles. The molecule has 0 aliphatic carbocycles. The molecule has 2 bridgehead atoms. The first-order valence-corrected chi connectivity index (χ1v) is 10.8. The van der Waals surface area contributed by atoms with Crippen LogP contribution in [-0.2, 0) is 25.7 Å². The number of benzene rings is 2. The first kappa shape index (κ1) is 24.6. The molecule has 11 heteroatoms. The lowest BCUT2D eigenvalue weighted by Crippen LogP contribution is -2.48. The zero-order valence-corrected chi connectivity index (χ0v) is 18.6. The fourth-order valence-corrected chi connectivity index (χ4v) is 4.92. The third-order valence-corrected chi connectivity index (χ3v) is 6.53. The van der Waals surface area contributed by atoms with Crippen LogP contribution < -0.4 is 4.90 Å². The van der Waals surface area contributed by atoms with Crippen molar-refractivity contribution in [2.45, 2.75) is 24.8 Å². The Kier molecular flexibility index (Phi) is 6.52. The molecule has 4 atom stereocenters. The van der Waals surface area contributed by atoms with Gasteiger partial charge in [0.05, 0.1) is 23.6 Å². The summed E-state index contributed by atoms with van der Waals surface area (Å²) in [5.41, 5.74) is 1.43. The summed E-state index contributed by atoms with van der Waals surface area (Å²) in [5.74, 6) is -4.64. The van der Waals surface area contributed by atoms with Crippen LogP contribution >= 0.6 is 11.6 Å². The number of carboxylic acids is 1. The predicted molar refractivity (Wildman–Crippen MR) is 118 cm³/mol. The number of aliphatic carboxylic acids is 1. The molecule has 3 aliphatic heterocycles. The SMILES string of the molecule is O=C(O)C(F)(F)F.O=C1C=CC2C3C(=O)N(c4ccccc4)C(=O)C3C1N2Cc1ccccc1Cl. The van der Waals surface area contributed by atoms with Crippen LogP contribution in [0.1, 0.15) is 5.56 Å². The Morgan fingerprint density at radius 2 is 1.51 bits per heavy atom. The second kappa shape index (κ2) is 9.27. The average molecular weight is 507 g/mol. The zero-order valence-electron chi connectivity index (χ0n) is 17.9. The summed E-state index contributed by atoms with van der Waals surface area (Å²) >= 11 is 6.31. The van der Waals surface area contributed by atoms with Gasteiger partial charge in [-0.3, -0.25) is 19.3 Å². The minimum Gasteiger partial charge on any atom is -0.475 e. The van der Waals surface area contributed by atoms with Gasteiger partial charge in [0.1, 0.15) is 0 Å².